The molecule has 0 aliphatic rings. The van der Waals surface area contributed by atoms with Gasteiger partial charge in [0.2, 0.25) is 5.91 Å². The van der Waals surface area contributed by atoms with Gasteiger partial charge in [0.25, 0.3) is 5.91 Å². The summed E-state index contributed by atoms with van der Waals surface area (Å²) in [6.07, 6.45) is 4.47. The molecule has 2 aromatic carbocycles. The zero-order valence-corrected chi connectivity index (χ0v) is 17.1. The van der Waals surface area contributed by atoms with Crippen LogP contribution < -0.4 is 10.7 Å². The van der Waals surface area contributed by atoms with Crippen LogP contribution >= 0.6 is 11.8 Å². The maximum Gasteiger partial charge on any atom is 0.271 e. The van der Waals surface area contributed by atoms with Crippen molar-refractivity contribution in [2.75, 3.05) is 11.1 Å². The van der Waals surface area contributed by atoms with Crippen molar-refractivity contribution in [3.05, 3.63) is 90.4 Å². The Morgan fingerprint density at radius 1 is 1.00 bits per heavy atom. The number of furan rings is 1. The van der Waals surface area contributed by atoms with Crippen molar-refractivity contribution in [2.45, 2.75) is 5.09 Å². The van der Waals surface area contributed by atoms with Crippen molar-refractivity contribution < 1.29 is 14.0 Å². The van der Waals surface area contributed by atoms with Gasteiger partial charge in [-0.1, -0.05) is 42.1 Å². The Bertz CT molecular complexity index is 1240. The van der Waals surface area contributed by atoms with Gasteiger partial charge in [-0.25, -0.2) is 5.43 Å². The summed E-state index contributed by atoms with van der Waals surface area (Å²) in [6.45, 7) is 0. The Morgan fingerprint density at radius 3 is 2.65 bits per heavy atom. The molecular formula is C23H18N4O3S. The molecule has 2 amide bonds. The fourth-order valence-corrected chi connectivity index (χ4v) is 3.47. The van der Waals surface area contributed by atoms with Crippen molar-refractivity contribution in [3.63, 3.8) is 0 Å². The molecule has 2 heterocycles. The van der Waals surface area contributed by atoms with Crippen LogP contribution in [0.4, 0.5) is 5.69 Å². The van der Waals surface area contributed by atoms with E-state index in [2.05, 4.69) is 20.8 Å². The normalized spacial score (nSPS) is 11.0. The van der Waals surface area contributed by atoms with Crippen LogP contribution in [0.1, 0.15) is 16.1 Å². The first-order valence-electron chi connectivity index (χ1n) is 9.42. The Hall–Kier alpha value is -3.91. The molecule has 0 spiro atoms. The van der Waals surface area contributed by atoms with E-state index >= 15 is 0 Å². The smallest absolute Gasteiger partial charge is 0.271 e. The van der Waals surface area contributed by atoms with Gasteiger partial charge in [-0.3, -0.25) is 14.6 Å². The second-order valence-corrected chi connectivity index (χ2v) is 7.47. The zero-order valence-electron chi connectivity index (χ0n) is 16.3. The SMILES string of the molecule is O=C(CSc1ccc(/C=N/NC(=O)c2ccncc2)o1)Nc1ccc2ccccc2c1. The van der Waals surface area contributed by atoms with Gasteiger partial charge >= 0.3 is 0 Å². The van der Waals surface area contributed by atoms with Gasteiger partial charge in [0, 0.05) is 23.6 Å². The van der Waals surface area contributed by atoms with Crippen LogP contribution in [0, 0.1) is 0 Å². The highest BCUT2D eigenvalue weighted by Crippen LogP contribution is 2.22. The lowest BCUT2D eigenvalue weighted by Crippen LogP contribution is -2.17. The van der Waals surface area contributed by atoms with Crippen molar-refractivity contribution in [3.8, 4) is 0 Å². The number of anilines is 1. The molecule has 8 heteroatoms. The minimum absolute atomic E-state index is 0.128. The van der Waals surface area contributed by atoms with Gasteiger partial charge in [-0.05, 0) is 47.2 Å². The van der Waals surface area contributed by atoms with Gasteiger partial charge in [0.15, 0.2) is 5.09 Å². The highest BCUT2D eigenvalue weighted by Gasteiger charge is 2.08. The fourth-order valence-electron chi connectivity index (χ4n) is 2.80. The van der Waals surface area contributed by atoms with E-state index in [0.717, 1.165) is 16.5 Å². The first kappa shape index (κ1) is 20.4. The van der Waals surface area contributed by atoms with Crippen molar-refractivity contribution in [1.82, 2.24) is 10.4 Å². The van der Waals surface area contributed by atoms with Crippen LogP contribution in [0.2, 0.25) is 0 Å². The van der Waals surface area contributed by atoms with E-state index < -0.39 is 0 Å². The predicted molar refractivity (Wildman–Crippen MR) is 121 cm³/mol. The summed E-state index contributed by atoms with van der Waals surface area (Å²) in [5.41, 5.74) is 3.63. The largest absolute Gasteiger partial charge is 0.449 e. The standard InChI is InChI=1S/C23H18N4O3S/c28-21(26-19-6-5-16-3-1-2-4-18(16)13-19)15-31-22-8-7-20(30-22)14-25-27-23(29)17-9-11-24-12-10-17/h1-14H,15H2,(H,26,28)(H,27,29)/b25-14+. The molecular weight excluding hydrogens is 412 g/mol. The van der Waals surface area contributed by atoms with Crippen molar-refractivity contribution in [1.29, 1.82) is 0 Å². The molecule has 2 N–H and O–H groups in total. The molecule has 0 aliphatic carbocycles. The van der Waals surface area contributed by atoms with Crippen LogP contribution in [0.25, 0.3) is 10.8 Å². The van der Waals surface area contributed by atoms with Crippen LogP contribution in [-0.2, 0) is 4.79 Å². The van der Waals surface area contributed by atoms with Gasteiger partial charge in [0.1, 0.15) is 5.76 Å². The number of nitrogens with zero attached hydrogens (tertiary/aromatic N) is 2. The Kier molecular flexibility index (Phi) is 6.39. The van der Waals surface area contributed by atoms with E-state index in [1.807, 2.05) is 42.5 Å². The van der Waals surface area contributed by atoms with E-state index in [4.69, 9.17) is 4.42 Å². The number of amides is 2. The second-order valence-electron chi connectivity index (χ2n) is 6.49. The van der Waals surface area contributed by atoms with E-state index in [1.54, 1.807) is 24.3 Å². The third-order valence-electron chi connectivity index (χ3n) is 4.28. The number of hydrogen-bond acceptors (Lipinski definition) is 6. The van der Waals surface area contributed by atoms with E-state index in [-0.39, 0.29) is 17.6 Å². The number of hydrazone groups is 1. The highest BCUT2D eigenvalue weighted by molar-refractivity contribution is 7.99. The number of carbonyl (C=O) groups excluding carboxylic acids is 2. The lowest BCUT2D eigenvalue weighted by atomic mass is 10.1. The van der Waals surface area contributed by atoms with Crippen molar-refractivity contribution in [2.24, 2.45) is 5.10 Å². The van der Waals surface area contributed by atoms with Gasteiger partial charge in [0.05, 0.1) is 12.0 Å². The van der Waals surface area contributed by atoms with Crippen molar-refractivity contribution >= 4 is 46.3 Å². The molecule has 7 nitrogen and oxygen atoms in total. The number of thioether (sulfide) groups is 1. The maximum absolute atomic E-state index is 12.3. The molecule has 0 bridgehead atoms. The van der Waals surface area contributed by atoms with E-state index in [9.17, 15) is 9.59 Å². The Morgan fingerprint density at radius 2 is 1.81 bits per heavy atom. The van der Waals surface area contributed by atoms with Crippen LogP contribution in [-0.4, -0.2) is 28.8 Å². The van der Waals surface area contributed by atoms with Crippen LogP contribution in [0.3, 0.4) is 0 Å². The lowest BCUT2D eigenvalue weighted by Gasteiger charge is -2.06. The second kappa shape index (κ2) is 9.73. The maximum atomic E-state index is 12.3. The number of hydrogen-bond donors (Lipinski definition) is 2. The van der Waals surface area contributed by atoms with Crippen LogP contribution in [0.5, 0.6) is 0 Å². The molecule has 4 aromatic rings. The first-order valence-corrected chi connectivity index (χ1v) is 10.4. The molecule has 4 rings (SSSR count). The molecule has 2 aromatic heterocycles. The van der Waals surface area contributed by atoms with Gasteiger partial charge < -0.3 is 9.73 Å². The Labute approximate surface area is 182 Å². The number of carbonyl (C=O) groups is 2. The summed E-state index contributed by atoms with van der Waals surface area (Å²) < 4.78 is 5.60. The van der Waals surface area contributed by atoms with Gasteiger partial charge in [-0.15, -0.1) is 0 Å². The zero-order chi connectivity index (χ0) is 21.5. The minimum Gasteiger partial charge on any atom is -0.449 e. The Balaban J connectivity index is 1.26. The average molecular weight is 430 g/mol. The summed E-state index contributed by atoms with van der Waals surface area (Å²) in [4.78, 5) is 28.0. The minimum atomic E-state index is -0.342. The number of nitrogens with one attached hydrogen (secondary N) is 2. The first-order chi connectivity index (χ1) is 15.2. The quantitative estimate of drug-likeness (QED) is 0.259. The number of fused-ring (bicyclic) bond motifs is 1. The third-order valence-corrected chi connectivity index (χ3v) is 5.19. The molecule has 0 atom stereocenters. The number of rotatable bonds is 7. The molecule has 31 heavy (non-hydrogen) atoms. The average Bonchev–Trinajstić information content (AvgIpc) is 3.26. The molecule has 0 aliphatic heterocycles. The molecule has 0 fully saturated rings. The monoisotopic (exact) mass is 430 g/mol. The highest BCUT2D eigenvalue weighted by atomic mass is 32.2. The number of pyridine rings is 1. The summed E-state index contributed by atoms with van der Waals surface area (Å²) >= 11 is 1.27. The van der Waals surface area contributed by atoms with Crippen LogP contribution in [0.15, 0.2) is 93.7 Å². The third kappa shape index (κ3) is 5.58. The summed E-state index contributed by atoms with van der Waals surface area (Å²) in [7, 11) is 0. The molecule has 0 radical (unpaired) electrons. The fraction of sp³-hybridized carbons (Fsp3) is 0.0435. The molecule has 0 unspecified atom stereocenters. The number of aromatic nitrogens is 1. The predicted octanol–water partition coefficient (Wildman–Crippen LogP) is 4.32. The van der Waals surface area contributed by atoms with E-state index in [0.29, 0.717) is 16.4 Å². The topological polar surface area (TPSA) is 96.6 Å². The molecule has 154 valence electrons. The van der Waals surface area contributed by atoms with E-state index in [1.165, 1.54) is 30.4 Å². The summed E-state index contributed by atoms with van der Waals surface area (Å²) in [5, 5.41) is 9.54. The molecule has 0 saturated heterocycles. The summed E-state index contributed by atoms with van der Waals surface area (Å²) in [5.74, 6) is 0.199. The van der Waals surface area contributed by atoms with Gasteiger partial charge in [-0.2, -0.15) is 5.10 Å². The lowest BCUT2D eigenvalue weighted by molar-refractivity contribution is -0.113. The number of benzene rings is 2. The molecule has 0 saturated carbocycles. The summed E-state index contributed by atoms with van der Waals surface area (Å²) in [6, 6.07) is 20.4.